The second-order valence-electron chi connectivity index (χ2n) is 7.07. The van der Waals surface area contributed by atoms with Crippen LogP contribution in [0, 0.1) is 0 Å². The first kappa shape index (κ1) is 16.1. The van der Waals surface area contributed by atoms with Crippen molar-refractivity contribution in [2.75, 3.05) is 0 Å². The van der Waals surface area contributed by atoms with Crippen molar-refractivity contribution in [3.63, 3.8) is 0 Å². The van der Waals surface area contributed by atoms with E-state index in [1.165, 1.54) is 57.9 Å². The first-order valence-electron chi connectivity index (χ1n) is 9.45. The molecule has 0 aliphatic heterocycles. The average molecular weight is 328 g/mol. The molecule has 0 saturated carbocycles. The Morgan fingerprint density at radius 1 is 0.760 bits per heavy atom. The van der Waals surface area contributed by atoms with E-state index < -0.39 is 0 Å². The number of rotatable bonds is 7. The van der Waals surface area contributed by atoms with Crippen molar-refractivity contribution in [2.24, 2.45) is 0 Å². The van der Waals surface area contributed by atoms with Crippen LogP contribution >= 0.6 is 0 Å². The van der Waals surface area contributed by atoms with Gasteiger partial charge in [0.05, 0.1) is 0 Å². The third-order valence-corrected chi connectivity index (χ3v) is 5.34. The van der Waals surface area contributed by atoms with Crippen molar-refractivity contribution < 1.29 is 4.79 Å². The van der Waals surface area contributed by atoms with Crippen molar-refractivity contribution in [1.29, 1.82) is 0 Å². The van der Waals surface area contributed by atoms with Gasteiger partial charge in [-0.15, -0.1) is 0 Å². The van der Waals surface area contributed by atoms with Gasteiger partial charge >= 0.3 is 0 Å². The second-order valence-corrected chi connectivity index (χ2v) is 7.07. The number of hydrogen-bond donors (Lipinski definition) is 0. The monoisotopic (exact) mass is 328 g/mol. The number of ketones is 1. The molecule has 126 valence electrons. The van der Waals surface area contributed by atoms with Crippen molar-refractivity contribution in [3.8, 4) is 22.3 Å². The summed E-state index contributed by atoms with van der Waals surface area (Å²) in [6.45, 7) is 2.20. The van der Waals surface area contributed by atoms with Crippen molar-refractivity contribution in [3.05, 3.63) is 60.2 Å². The van der Waals surface area contributed by atoms with E-state index in [0.717, 1.165) is 6.42 Å². The fraction of sp³-hybridized carbons (Fsp3) is 0.292. The lowest BCUT2D eigenvalue weighted by atomic mass is 9.95. The first-order valence-corrected chi connectivity index (χ1v) is 9.45. The Kier molecular flexibility index (Phi) is 4.40. The van der Waals surface area contributed by atoms with Crippen molar-refractivity contribution in [2.45, 2.75) is 45.4 Å². The van der Waals surface area contributed by atoms with E-state index in [1.807, 2.05) is 0 Å². The zero-order chi connectivity index (χ0) is 17.2. The van der Waals surface area contributed by atoms with Crippen LogP contribution in [0.2, 0.25) is 0 Å². The van der Waals surface area contributed by atoms with E-state index in [4.69, 9.17) is 0 Å². The van der Waals surface area contributed by atoms with Crippen LogP contribution in [0.4, 0.5) is 0 Å². The third-order valence-electron chi connectivity index (χ3n) is 5.34. The van der Waals surface area contributed by atoms with Gasteiger partial charge in [0.25, 0.3) is 0 Å². The molecule has 25 heavy (non-hydrogen) atoms. The number of carbonyl (C=O) groups excluding carboxylic acids is 1. The lowest BCUT2D eigenvalue weighted by Crippen LogP contribution is -2.03. The van der Waals surface area contributed by atoms with Gasteiger partial charge in [-0.2, -0.15) is 0 Å². The molecule has 1 aliphatic rings. The normalized spacial score (nSPS) is 11.7. The Morgan fingerprint density at radius 2 is 1.48 bits per heavy atom. The third kappa shape index (κ3) is 2.89. The summed E-state index contributed by atoms with van der Waals surface area (Å²) in [5, 5.41) is 2.56. The Hall–Kier alpha value is -2.41. The molecule has 0 amide bonds. The maximum Gasteiger partial charge on any atom is 0.137 e. The molecule has 0 unspecified atom stereocenters. The number of fused-ring (bicyclic) bond motifs is 3. The summed E-state index contributed by atoms with van der Waals surface area (Å²) in [6, 6.07) is 19.5. The SMILES string of the molecule is CCCCCCC(=O)Cc1ccc2c3c(cccc13)-c1ccccc1-2. The van der Waals surface area contributed by atoms with Gasteiger partial charge < -0.3 is 0 Å². The van der Waals surface area contributed by atoms with Gasteiger partial charge in [-0.1, -0.05) is 80.8 Å². The number of Topliss-reactive ketones (excluding diaryl/α,β-unsaturated/α-hetero) is 1. The van der Waals surface area contributed by atoms with Crippen LogP contribution in [0.15, 0.2) is 54.6 Å². The van der Waals surface area contributed by atoms with Crippen LogP contribution in [0.1, 0.15) is 44.6 Å². The van der Waals surface area contributed by atoms with Gasteiger partial charge in [-0.3, -0.25) is 4.79 Å². The van der Waals surface area contributed by atoms with E-state index in [9.17, 15) is 4.79 Å². The van der Waals surface area contributed by atoms with Crippen LogP contribution in [0.25, 0.3) is 33.0 Å². The van der Waals surface area contributed by atoms with E-state index in [1.54, 1.807) is 0 Å². The summed E-state index contributed by atoms with van der Waals surface area (Å²) in [6.07, 6.45) is 5.91. The molecule has 1 nitrogen and oxygen atoms in total. The van der Waals surface area contributed by atoms with E-state index >= 15 is 0 Å². The molecule has 1 aliphatic carbocycles. The van der Waals surface area contributed by atoms with Crippen molar-refractivity contribution >= 4 is 16.6 Å². The van der Waals surface area contributed by atoms with Gasteiger partial charge in [0.2, 0.25) is 0 Å². The molecule has 0 heterocycles. The van der Waals surface area contributed by atoms with Crippen LogP contribution in [0.3, 0.4) is 0 Å². The topological polar surface area (TPSA) is 17.1 Å². The highest BCUT2D eigenvalue weighted by atomic mass is 16.1. The lowest BCUT2D eigenvalue weighted by Gasteiger charge is -2.09. The first-order chi connectivity index (χ1) is 12.3. The molecule has 0 N–H and O–H groups in total. The largest absolute Gasteiger partial charge is 0.299 e. The lowest BCUT2D eigenvalue weighted by molar-refractivity contribution is -0.118. The molecule has 0 radical (unpaired) electrons. The standard InChI is InChI=1S/C24H24O/c1-2-3-4-5-9-18(25)16-17-14-15-23-21-11-7-6-10-20(21)22-13-8-12-19(17)24(22)23/h6-8,10-15H,2-5,9,16H2,1H3. The Balaban J connectivity index is 1.65. The molecule has 0 bridgehead atoms. The molecule has 0 aromatic heterocycles. The summed E-state index contributed by atoms with van der Waals surface area (Å²) in [5.74, 6) is 0.368. The van der Waals surface area contributed by atoms with Crippen LogP contribution < -0.4 is 0 Å². The summed E-state index contributed by atoms with van der Waals surface area (Å²) >= 11 is 0. The van der Waals surface area contributed by atoms with Gasteiger partial charge in [0.1, 0.15) is 5.78 Å². The van der Waals surface area contributed by atoms with Crippen LogP contribution in [0.5, 0.6) is 0 Å². The molecule has 1 heteroatoms. The quantitative estimate of drug-likeness (QED) is 0.351. The summed E-state index contributed by atoms with van der Waals surface area (Å²) < 4.78 is 0. The number of benzene rings is 3. The molecule has 0 spiro atoms. The second kappa shape index (κ2) is 6.84. The summed E-state index contributed by atoms with van der Waals surface area (Å²) in [5.41, 5.74) is 6.41. The fourth-order valence-corrected chi connectivity index (χ4v) is 4.07. The minimum absolute atomic E-state index is 0.368. The van der Waals surface area contributed by atoms with Gasteiger partial charge in [-0.05, 0) is 45.0 Å². The molecule has 3 aromatic carbocycles. The highest BCUT2D eigenvalue weighted by molar-refractivity contribution is 6.16. The smallest absolute Gasteiger partial charge is 0.137 e. The predicted molar refractivity (Wildman–Crippen MR) is 106 cm³/mol. The van der Waals surface area contributed by atoms with Gasteiger partial charge in [0.15, 0.2) is 0 Å². The zero-order valence-corrected chi connectivity index (χ0v) is 14.8. The Bertz CT molecular complexity index is 907. The highest BCUT2D eigenvalue weighted by Crippen LogP contribution is 2.47. The highest BCUT2D eigenvalue weighted by Gasteiger charge is 2.22. The summed E-state index contributed by atoms with van der Waals surface area (Å²) in [4.78, 5) is 12.4. The predicted octanol–water partition coefficient (Wildman–Crippen LogP) is 6.57. The number of carbonyl (C=O) groups is 1. The van der Waals surface area contributed by atoms with Crippen LogP contribution in [-0.4, -0.2) is 5.78 Å². The Labute approximate surface area is 149 Å². The molecular formula is C24H24O. The maximum atomic E-state index is 12.4. The van der Waals surface area contributed by atoms with E-state index in [2.05, 4.69) is 61.5 Å². The molecule has 4 rings (SSSR count). The van der Waals surface area contributed by atoms with Crippen molar-refractivity contribution in [1.82, 2.24) is 0 Å². The van der Waals surface area contributed by atoms with Gasteiger partial charge in [0, 0.05) is 12.8 Å². The molecular weight excluding hydrogens is 304 g/mol. The molecule has 3 aromatic rings. The van der Waals surface area contributed by atoms with Crippen LogP contribution in [-0.2, 0) is 11.2 Å². The molecule has 0 atom stereocenters. The van der Waals surface area contributed by atoms with Gasteiger partial charge in [-0.25, -0.2) is 0 Å². The minimum atomic E-state index is 0.368. The fourth-order valence-electron chi connectivity index (χ4n) is 4.07. The van der Waals surface area contributed by atoms with E-state index in [0.29, 0.717) is 18.6 Å². The molecule has 0 fully saturated rings. The minimum Gasteiger partial charge on any atom is -0.299 e. The summed E-state index contributed by atoms with van der Waals surface area (Å²) in [7, 11) is 0. The maximum absolute atomic E-state index is 12.4. The Morgan fingerprint density at radius 3 is 2.24 bits per heavy atom. The average Bonchev–Trinajstić information content (AvgIpc) is 2.97. The number of hydrogen-bond acceptors (Lipinski definition) is 1. The zero-order valence-electron chi connectivity index (χ0n) is 14.8. The molecule has 0 saturated heterocycles. The number of unbranched alkanes of at least 4 members (excludes halogenated alkanes) is 3. The van der Waals surface area contributed by atoms with E-state index in [-0.39, 0.29) is 0 Å².